The minimum Gasteiger partial charge on any atom is -0.320 e. The Morgan fingerprint density at radius 2 is 2.00 bits per heavy atom. The van der Waals surface area contributed by atoms with Gasteiger partial charge in [-0.1, -0.05) is 15.9 Å². The van der Waals surface area contributed by atoms with E-state index in [0.29, 0.717) is 17.4 Å². The predicted octanol–water partition coefficient (Wildman–Crippen LogP) is 1.67. The van der Waals surface area contributed by atoms with Gasteiger partial charge in [-0.05, 0) is 32.1 Å². The fourth-order valence-electron chi connectivity index (χ4n) is 1.40. The van der Waals surface area contributed by atoms with E-state index < -0.39 is 20.6 Å². The SMILES string of the molecule is CNCCCNS(=O)(=O)c1cc(Br)ccc1[N+](=O)[O-].Cl. The summed E-state index contributed by atoms with van der Waals surface area (Å²) in [6.07, 6.45) is 0.595. The van der Waals surface area contributed by atoms with Gasteiger partial charge in [-0.3, -0.25) is 10.1 Å². The Hall–Kier alpha value is -0.740. The molecule has 0 radical (unpaired) electrons. The van der Waals surface area contributed by atoms with Crippen molar-refractivity contribution in [3.05, 3.63) is 32.8 Å². The van der Waals surface area contributed by atoms with E-state index in [2.05, 4.69) is 26.0 Å². The molecule has 0 atom stereocenters. The number of hydrogen-bond acceptors (Lipinski definition) is 5. The van der Waals surface area contributed by atoms with Crippen LogP contribution in [0.25, 0.3) is 0 Å². The lowest BCUT2D eigenvalue weighted by molar-refractivity contribution is -0.387. The number of hydrogen-bond donors (Lipinski definition) is 2. The smallest absolute Gasteiger partial charge is 0.289 e. The Bertz CT molecular complexity index is 568. The highest BCUT2D eigenvalue weighted by Crippen LogP contribution is 2.26. The molecule has 0 bridgehead atoms. The second kappa shape index (κ2) is 8.53. The number of sulfonamides is 1. The molecule has 0 aliphatic heterocycles. The summed E-state index contributed by atoms with van der Waals surface area (Å²) in [6.45, 7) is 0.871. The highest BCUT2D eigenvalue weighted by Gasteiger charge is 2.25. The third kappa shape index (κ3) is 5.33. The average molecular weight is 389 g/mol. The number of nitrogens with zero attached hydrogens (tertiary/aromatic N) is 1. The second-order valence-electron chi connectivity index (χ2n) is 3.72. The molecule has 0 spiro atoms. The molecule has 0 aliphatic rings. The average Bonchev–Trinajstić information content (AvgIpc) is 2.34. The van der Waals surface area contributed by atoms with Gasteiger partial charge in [0.15, 0.2) is 4.90 Å². The van der Waals surface area contributed by atoms with Crippen LogP contribution >= 0.6 is 28.3 Å². The van der Waals surface area contributed by atoms with Crippen LogP contribution in [-0.4, -0.2) is 33.5 Å². The quantitative estimate of drug-likeness (QED) is 0.420. The molecular weight excluding hydrogens is 374 g/mol. The van der Waals surface area contributed by atoms with Crippen molar-refractivity contribution in [1.82, 2.24) is 10.0 Å². The second-order valence-corrected chi connectivity index (χ2v) is 6.38. The van der Waals surface area contributed by atoms with Crippen molar-refractivity contribution in [3.63, 3.8) is 0 Å². The minimum atomic E-state index is -3.89. The van der Waals surface area contributed by atoms with Crippen LogP contribution in [0.3, 0.4) is 0 Å². The Labute approximate surface area is 131 Å². The molecule has 0 saturated carbocycles. The van der Waals surface area contributed by atoms with Crippen molar-refractivity contribution in [1.29, 1.82) is 0 Å². The zero-order valence-corrected chi connectivity index (χ0v) is 13.8. The summed E-state index contributed by atoms with van der Waals surface area (Å²) < 4.78 is 26.8. The molecule has 1 aromatic rings. The van der Waals surface area contributed by atoms with E-state index >= 15 is 0 Å². The topological polar surface area (TPSA) is 101 Å². The van der Waals surface area contributed by atoms with E-state index in [4.69, 9.17) is 0 Å². The van der Waals surface area contributed by atoms with Gasteiger partial charge in [0, 0.05) is 17.1 Å². The largest absolute Gasteiger partial charge is 0.320 e. The van der Waals surface area contributed by atoms with Crippen LogP contribution in [0.1, 0.15) is 6.42 Å². The molecule has 10 heteroatoms. The summed E-state index contributed by atoms with van der Waals surface area (Å²) in [5.41, 5.74) is -0.440. The highest BCUT2D eigenvalue weighted by molar-refractivity contribution is 9.10. The third-order valence-corrected chi connectivity index (χ3v) is 4.29. The number of nitro groups is 1. The van der Waals surface area contributed by atoms with Gasteiger partial charge in [-0.15, -0.1) is 12.4 Å². The lowest BCUT2D eigenvalue weighted by atomic mass is 10.3. The van der Waals surface area contributed by atoms with E-state index in [-0.39, 0.29) is 23.8 Å². The normalized spacial score (nSPS) is 10.9. The van der Waals surface area contributed by atoms with Gasteiger partial charge in [-0.2, -0.15) is 0 Å². The highest BCUT2D eigenvalue weighted by atomic mass is 79.9. The predicted molar refractivity (Wildman–Crippen MR) is 81.8 cm³/mol. The number of nitrogens with one attached hydrogen (secondary N) is 2. The van der Waals surface area contributed by atoms with Crippen LogP contribution in [0.2, 0.25) is 0 Å². The van der Waals surface area contributed by atoms with Gasteiger partial charge in [0.2, 0.25) is 10.0 Å². The Morgan fingerprint density at radius 3 is 2.55 bits per heavy atom. The van der Waals surface area contributed by atoms with E-state index in [1.807, 2.05) is 0 Å². The molecule has 0 heterocycles. The fourth-order valence-corrected chi connectivity index (χ4v) is 3.18. The first kappa shape index (κ1) is 19.3. The molecule has 0 saturated heterocycles. The Morgan fingerprint density at radius 1 is 1.35 bits per heavy atom. The van der Waals surface area contributed by atoms with Gasteiger partial charge in [0.25, 0.3) is 5.69 Å². The van der Waals surface area contributed by atoms with Crippen molar-refractivity contribution in [2.24, 2.45) is 0 Å². The maximum Gasteiger partial charge on any atom is 0.289 e. The molecule has 0 fully saturated rings. The molecule has 20 heavy (non-hydrogen) atoms. The number of rotatable bonds is 7. The summed E-state index contributed by atoms with van der Waals surface area (Å²) in [5.74, 6) is 0. The van der Waals surface area contributed by atoms with Crippen LogP contribution in [0.4, 0.5) is 5.69 Å². The summed E-state index contributed by atoms with van der Waals surface area (Å²) >= 11 is 3.11. The van der Waals surface area contributed by atoms with Crippen LogP contribution in [-0.2, 0) is 10.0 Å². The maximum absolute atomic E-state index is 12.0. The lowest BCUT2D eigenvalue weighted by Crippen LogP contribution is -2.27. The lowest BCUT2D eigenvalue weighted by Gasteiger charge is -2.07. The van der Waals surface area contributed by atoms with Gasteiger partial charge >= 0.3 is 0 Å². The van der Waals surface area contributed by atoms with Gasteiger partial charge in [-0.25, -0.2) is 13.1 Å². The first-order valence-electron chi connectivity index (χ1n) is 5.46. The van der Waals surface area contributed by atoms with Crippen molar-refractivity contribution < 1.29 is 13.3 Å². The Balaban J connectivity index is 0.00000361. The van der Waals surface area contributed by atoms with E-state index in [1.165, 1.54) is 12.1 Å². The minimum absolute atomic E-state index is 0. The number of benzene rings is 1. The summed E-state index contributed by atoms with van der Waals surface area (Å²) in [6, 6.07) is 3.81. The molecule has 114 valence electrons. The van der Waals surface area contributed by atoms with Gasteiger partial charge in [0.05, 0.1) is 4.92 Å². The third-order valence-electron chi connectivity index (χ3n) is 2.30. The molecule has 2 N–H and O–H groups in total. The first-order valence-corrected chi connectivity index (χ1v) is 7.74. The van der Waals surface area contributed by atoms with Gasteiger partial charge < -0.3 is 5.32 Å². The van der Waals surface area contributed by atoms with E-state index in [0.717, 1.165) is 6.07 Å². The molecule has 1 rings (SSSR count). The molecule has 0 unspecified atom stereocenters. The first-order chi connectivity index (χ1) is 8.88. The standard InChI is InChI=1S/C10H14BrN3O4S.ClH/c1-12-5-2-6-13-19(17,18)10-7-8(11)3-4-9(10)14(15)16;/h3-4,7,12-13H,2,5-6H2,1H3;1H. The molecule has 1 aromatic carbocycles. The van der Waals surface area contributed by atoms with Crippen LogP contribution in [0, 0.1) is 10.1 Å². The van der Waals surface area contributed by atoms with Crippen LogP contribution in [0.5, 0.6) is 0 Å². The zero-order valence-electron chi connectivity index (χ0n) is 10.6. The van der Waals surface area contributed by atoms with Crippen molar-refractivity contribution in [2.45, 2.75) is 11.3 Å². The van der Waals surface area contributed by atoms with Crippen molar-refractivity contribution in [2.75, 3.05) is 20.1 Å². The zero-order chi connectivity index (χ0) is 14.5. The summed E-state index contributed by atoms with van der Waals surface area (Å²) in [7, 11) is -2.13. The summed E-state index contributed by atoms with van der Waals surface area (Å²) in [5, 5.41) is 13.7. The maximum atomic E-state index is 12.0. The molecular formula is C10H15BrClN3O4S. The van der Waals surface area contributed by atoms with E-state index in [9.17, 15) is 18.5 Å². The Kier molecular flexibility index (Phi) is 8.21. The van der Waals surface area contributed by atoms with Crippen LogP contribution < -0.4 is 10.0 Å². The molecule has 0 aliphatic carbocycles. The molecule has 0 amide bonds. The number of halogens is 2. The summed E-state index contributed by atoms with van der Waals surface area (Å²) in [4.78, 5) is 9.79. The van der Waals surface area contributed by atoms with E-state index in [1.54, 1.807) is 7.05 Å². The van der Waals surface area contributed by atoms with Gasteiger partial charge in [0.1, 0.15) is 0 Å². The molecule has 0 aromatic heterocycles. The molecule has 7 nitrogen and oxygen atoms in total. The number of nitro benzene ring substituents is 1. The van der Waals surface area contributed by atoms with Crippen molar-refractivity contribution in [3.8, 4) is 0 Å². The fraction of sp³-hybridized carbons (Fsp3) is 0.400. The van der Waals surface area contributed by atoms with Crippen molar-refractivity contribution >= 4 is 44.0 Å². The van der Waals surface area contributed by atoms with Crippen LogP contribution in [0.15, 0.2) is 27.6 Å². The monoisotopic (exact) mass is 387 g/mol.